The highest BCUT2D eigenvalue weighted by Crippen LogP contribution is 2.32. The first-order valence-electron chi connectivity index (χ1n) is 12.9. The summed E-state index contributed by atoms with van der Waals surface area (Å²) in [5.41, 5.74) is 3.56. The Labute approximate surface area is 233 Å². The Hall–Kier alpha value is -5.14. The molecule has 1 saturated heterocycles. The molecule has 2 amide bonds. The van der Waals surface area contributed by atoms with Crippen molar-refractivity contribution < 1.29 is 13.6 Å². The molecule has 1 fully saturated rings. The van der Waals surface area contributed by atoms with Gasteiger partial charge in [0.05, 0.1) is 25.0 Å². The molecule has 0 bridgehead atoms. The number of para-hydroxylation sites is 1. The molecule has 210 valence electrons. The van der Waals surface area contributed by atoms with E-state index in [-0.39, 0.29) is 5.92 Å². The molecule has 3 aromatic heterocycles. The number of amides is 2. The summed E-state index contributed by atoms with van der Waals surface area (Å²) in [6.45, 7) is 2.58. The number of rotatable bonds is 6. The molecule has 0 spiro atoms. The van der Waals surface area contributed by atoms with E-state index in [1.165, 1.54) is 10.9 Å². The molecule has 14 heteroatoms. The van der Waals surface area contributed by atoms with Gasteiger partial charge in [-0.25, -0.2) is 18.3 Å². The Kier molecular flexibility index (Phi) is 6.65. The van der Waals surface area contributed by atoms with Crippen molar-refractivity contribution >= 4 is 17.8 Å². The number of nitrogens with one attached hydrogen (secondary N) is 2. The van der Waals surface area contributed by atoms with Gasteiger partial charge in [-0.05, 0) is 42.0 Å². The summed E-state index contributed by atoms with van der Waals surface area (Å²) in [6, 6.07) is 12.3. The number of carbonyl (C=O) groups is 1. The van der Waals surface area contributed by atoms with Crippen LogP contribution in [0.25, 0.3) is 16.9 Å². The van der Waals surface area contributed by atoms with E-state index in [0.717, 1.165) is 28.9 Å². The van der Waals surface area contributed by atoms with Gasteiger partial charge in [0, 0.05) is 43.4 Å². The molecule has 0 unspecified atom stereocenters. The van der Waals surface area contributed by atoms with Gasteiger partial charge < -0.3 is 10.2 Å². The van der Waals surface area contributed by atoms with Crippen LogP contribution in [0.5, 0.6) is 0 Å². The molecule has 1 aliphatic heterocycles. The summed E-state index contributed by atoms with van der Waals surface area (Å²) in [5.74, 6) is -1.39. The second kappa shape index (κ2) is 10.4. The number of aromatic nitrogens is 8. The van der Waals surface area contributed by atoms with Crippen LogP contribution in [0.3, 0.4) is 0 Å². The Bertz CT molecular complexity index is 1710. The Morgan fingerprint density at radius 2 is 1.83 bits per heavy atom. The molecule has 0 aliphatic carbocycles. The Morgan fingerprint density at radius 3 is 2.51 bits per heavy atom. The van der Waals surface area contributed by atoms with Gasteiger partial charge in [0.1, 0.15) is 11.5 Å². The molecule has 1 aliphatic rings. The number of urea groups is 1. The van der Waals surface area contributed by atoms with E-state index in [9.17, 15) is 13.6 Å². The van der Waals surface area contributed by atoms with Crippen LogP contribution in [-0.4, -0.2) is 64.9 Å². The summed E-state index contributed by atoms with van der Waals surface area (Å²) in [4.78, 5) is 16.7. The maximum atomic E-state index is 14.2. The van der Waals surface area contributed by atoms with Gasteiger partial charge in [0.2, 0.25) is 0 Å². The summed E-state index contributed by atoms with van der Waals surface area (Å²) in [7, 11) is 3.48. The number of aryl methyl sites for hydroxylation is 2. The van der Waals surface area contributed by atoms with Crippen molar-refractivity contribution in [3.8, 4) is 16.9 Å². The average Bonchev–Trinajstić information content (AvgIpc) is 3.74. The lowest BCUT2D eigenvalue weighted by Gasteiger charge is -2.21. The number of halogens is 2. The Balaban J connectivity index is 1.30. The fourth-order valence-electron chi connectivity index (χ4n) is 5.12. The van der Waals surface area contributed by atoms with E-state index in [4.69, 9.17) is 5.10 Å². The zero-order chi connectivity index (χ0) is 28.7. The third-order valence-electron chi connectivity index (χ3n) is 7.12. The van der Waals surface area contributed by atoms with Crippen molar-refractivity contribution in [2.24, 2.45) is 14.1 Å². The maximum Gasteiger partial charge on any atom is 0.320 e. The lowest BCUT2D eigenvalue weighted by molar-refractivity contribution is 0.248. The highest BCUT2D eigenvalue weighted by atomic mass is 19.2. The number of hydrogen-bond donors (Lipinski definition) is 2. The SMILES string of the molecule is Cc1c(-c2cnn(C)c2)nn(-c2ccccc2)c1NC(=O)N[C@@H]1CN(c2nnn(C)n2)C[C@H]1c1ccc(F)c(F)c1. The molecule has 2 N–H and O–H groups in total. The van der Waals surface area contributed by atoms with Crippen molar-refractivity contribution in [2.45, 2.75) is 18.9 Å². The van der Waals surface area contributed by atoms with Crippen LogP contribution >= 0.6 is 0 Å². The van der Waals surface area contributed by atoms with E-state index >= 15 is 0 Å². The third kappa shape index (κ3) is 5.11. The normalized spacial score (nSPS) is 16.8. The predicted molar refractivity (Wildman–Crippen MR) is 147 cm³/mol. The monoisotopic (exact) mass is 559 g/mol. The smallest absolute Gasteiger partial charge is 0.320 e. The van der Waals surface area contributed by atoms with Crippen LogP contribution < -0.4 is 15.5 Å². The summed E-state index contributed by atoms with van der Waals surface area (Å²) in [6.07, 6.45) is 3.57. The fraction of sp³-hybridized carbons (Fsp3) is 0.259. The van der Waals surface area contributed by atoms with Crippen molar-refractivity contribution in [3.63, 3.8) is 0 Å². The van der Waals surface area contributed by atoms with Gasteiger partial charge in [-0.15, -0.1) is 5.10 Å². The number of carbonyl (C=O) groups excluding carboxylic acids is 1. The molecule has 0 saturated carbocycles. The minimum Gasteiger partial charge on any atom is -0.335 e. The Morgan fingerprint density at radius 1 is 1.02 bits per heavy atom. The highest BCUT2D eigenvalue weighted by molar-refractivity contribution is 5.91. The molecule has 4 heterocycles. The van der Waals surface area contributed by atoms with E-state index in [1.807, 2.05) is 55.4 Å². The number of hydrogen-bond acceptors (Lipinski definition) is 7. The van der Waals surface area contributed by atoms with Gasteiger partial charge in [0.25, 0.3) is 5.95 Å². The van der Waals surface area contributed by atoms with Crippen LogP contribution in [-0.2, 0) is 14.1 Å². The molecule has 2 aromatic carbocycles. The quantitative estimate of drug-likeness (QED) is 0.328. The minimum atomic E-state index is -0.952. The zero-order valence-corrected chi connectivity index (χ0v) is 22.5. The fourth-order valence-corrected chi connectivity index (χ4v) is 5.12. The number of nitrogens with zero attached hydrogens (tertiary/aromatic N) is 9. The summed E-state index contributed by atoms with van der Waals surface area (Å²) < 4.78 is 31.3. The van der Waals surface area contributed by atoms with Crippen LogP contribution in [0.1, 0.15) is 17.0 Å². The molecule has 41 heavy (non-hydrogen) atoms. The van der Waals surface area contributed by atoms with Gasteiger partial charge in [0.15, 0.2) is 11.6 Å². The first-order valence-corrected chi connectivity index (χ1v) is 12.9. The van der Waals surface area contributed by atoms with Crippen molar-refractivity contribution in [2.75, 3.05) is 23.3 Å². The second-order valence-corrected chi connectivity index (χ2v) is 9.94. The maximum absolute atomic E-state index is 14.2. The number of tetrazole rings is 1. The minimum absolute atomic E-state index is 0.334. The largest absolute Gasteiger partial charge is 0.335 e. The standard InChI is InChI=1S/C27H27F2N11O/c1-16-24(18-12-30-37(2)13-18)34-40(19-7-5-4-6-8-19)25(16)32-27(41)31-23-15-39(26-33-36-38(3)35-26)14-20(23)17-9-10-21(28)22(29)11-17/h4-13,20,23H,14-15H2,1-3H3,(H2,31,32,41)/t20-,23+/m0/s1. The molecule has 6 rings (SSSR count). The first-order chi connectivity index (χ1) is 19.8. The average molecular weight is 560 g/mol. The lowest BCUT2D eigenvalue weighted by Crippen LogP contribution is -2.42. The van der Waals surface area contributed by atoms with Crippen LogP contribution in [0.4, 0.5) is 25.3 Å². The van der Waals surface area contributed by atoms with Gasteiger partial charge >= 0.3 is 6.03 Å². The van der Waals surface area contributed by atoms with Crippen molar-refractivity contribution in [1.82, 2.24) is 45.1 Å². The molecule has 12 nitrogen and oxygen atoms in total. The topological polar surface area (TPSA) is 124 Å². The van der Waals surface area contributed by atoms with Crippen LogP contribution in [0, 0.1) is 18.6 Å². The van der Waals surface area contributed by atoms with E-state index in [2.05, 4.69) is 31.1 Å². The molecule has 0 radical (unpaired) electrons. The van der Waals surface area contributed by atoms with Crippen LogP contribution in [0.2, 0.25) is 0 Å². The van der Waals surface area contributed by atoms with Crippen LogP contribution in [0.15, 0.2) is 60.9 Å². The summed E-state index contributed by atoms with van der Waals surface area (Å²) in [5, 5.41) is 27.3. The van der Waals surface area contributed by atoms with E-state index in [1.54, 1.807) is 22.6 Å². The first kappa shape index (κ1) is 26.1. The van der Waals surface area contributed by atoms with Crippen molar-refractivity contribution in [1.29, 1.82) is 0 Å². The van der Waals surface area contributed by atoms with E-state index in [0.29, 0.717) is 36.1 Å². The molecular formula is C27H27F2N11O. The molecular weight excluding hydrogens is 532 g/mol. The van der Waals surface area contributed by atoms with E-state index < -0.39 is 23.7 Å². The number of benzene rings is 2. The summed E-state index contributed by atoms with van der Waals surface area (Å²) >= 11 is 0. The lowest BCUT2D eigenvalue weighted by atomic mass is 9.94. The van der Waals surface area contributed by atoms with Crippen molar-refractivity contribution in [3.05, 3.63) is 83.7 Å². The van der Waals surface area contributed by atoms with Gasteiger partial charge in [-0.2, -0.15) is 15.0 Å². The second-order valence-electron chi connectivity index (χ2n) is 9.94. The number of anilines is 2. The predicted octanol–water partition coefficient (Wildman–Crippen LogP) is 3.18. The highest BCUT2D eigenvalue weighted by Gasteiger charge is 2.37. The molecule has 2 atom stereocenters. The third-order valence-corrected chi connectivity index (χ3v) is 7.12. The van der Waals surface area contributed by atoms with Gasteiger partial charge in [-0.1, -0.05) is 29.4 Å². The van der Waals surface area contributed by atoms with Gasteiger partial charge in [-0.3, -0.25) is 10.00 Å². The molecule has 5 aromatic rings. The zero-order valence-electron chi connectivity index (χ0n) is 22.5.